The highest BCUT2D eigenvalue weighted by atomic mass is 16.5. The van der Waals surface area contributed by atoms with Gasteiger partial charge in [-0.3, -0.25) is 4.79 Å². The highest BCUT2D eigenvalue weighted by Crippen LogP contribution is 2.30. The van der Waals surface area contributed by atoms with Gasteiger partial charge in [0.15, 0.2) is 11.5 Å². The molecule has 78 valence electrons. The monoisotopic (exact) mass is 214 g/mol. The first-order valence-electron chi connectivity index (χ1n) is 4.49. The van der Waals surface area contributed by atoms with Gasteiger partial charge in [-0.1, -0.05) is 17.2 Å². The van der Waals surface area contributed by atoms with Crippen molar-refractivity contribution in [2.45, 2.75) is 6.04 Å². The molecule has 0 saturated carbocycles. The molecule has 1 aromatic rings. The molecule has 0 fully saturated rings. The second-order valence-corrected chi connectivity index (χ2v) is 3.19. The van der Waals surface area contributed by atoms with Crippen LogP contribution in [0.15, 0.2) is 23.3 Å². The van der Waals surface area contributed by atoms with Gasteiger partial charge < -0.3 is 4.74 Å². The molecule has 1 aliphatic heterocycles. The van der Waals surface area contributed by atoms with Gasteiger partial charge in [0.05, 0.1) is 12.1 Å². The van der Waals surface area contributed by atoms with Gasteiger partial charge in [-0.05, 0) is 11.6 Å². The number of rotatable bonds is 1. The van der Waals surface area contributed by atoms with Crippen LogP contribution >= 0.6 is 0 Å². The van der Waals surface area contributed by atoms with Crippen molar-refractivity contribution in [3.8, 4) is 5.75 Å². The molecular formula is C10H6N4O2. The largest absolute Gasteiger partial charge is 0.493 e. The van der Waals surface area contributed by atoms with E-state index in [1.807, 2.05) is 0 Å². The first-order valence-corrected chi connectivity index (χ1v) is 4.49. The SMILES string of the molecule is [C-]#[N+]c1ccc2c(c1)OCC(N=[N+]=[N-])C2=O. The third kappa shape index (κ3) is 1.56. The number of carbonyl (C=O) groups is 1. The summed E-state index contributed by atoms with van der Waals surface area (Å²) < 4.78 is 5.27. The Morgan fingerprint density at radius 2 is 2.38 bits per heavy atom. The molecule has 0 aliphatic carbocycles. The molecule has 0 amide bonds. The van der Waals surface area contributed by atoms with Crippen LogP contribution in [0.1, 0.15) is 10.4 Å². The normalized spacial score (nSPS) is 17.7. The quantitative estimate of drug-likeness (QED) is 0.311. The van der Waals surface area contributed by atoms with Gasteiger partial charge in [-0.25, -0.2) is 4.85 Å². The molecule has 16 heavy (non-hydrogen) atoms. The summed E-state index contributed by atoms with van der Waals surface area (Å²) in [6, 6.07) is 3.75. The zero-order chi connectivity index (χ0) is 11.5. The number of fused-ring (bicyclic) bond motifs is 1. The molecule has 0 aromatic heterocycles. The van der Waals surface area contributed by atoms with Crippen molar-refractivity contribution in [1.82, 2.24) is 0 Å². The number of hydrogen-bond acceptors (Lipinski definition) is 3. The molecule has 6 heteroatoms. The Balaban J connectivity index is 2.43. The number of azide groups is 1. The van der Waals surface area contributed by atoms with Gasteiger partial charge in [0.25, 0.3) is 0 Å². The predicted octanol–water partition coefficient (Wildman–Crippen LogP) is 2.49. The van der Waals surface area contributed by atoms with E-state index < -0.39 is 6.04 Å². The average Bonchev–Trinajstić information content (AvgIpc) is 2.32. The lowest BCUT2D eigenvalue weighted by Gasteiger charge is -2.20. The Morgan fingerprint density at radius 3 is 3.06 bits per heavy atom. The third-order valence-electron chi connectivity index (χ3n) is 2.25. The van der Waals surface area contributed by atoms with E-state index in [4.69, 9.17) is 16.8 Å². The number of benzene rings is 1. The fraction of sp³-hybridized carbons (Fsp3) is 0.200. The molecule has 0 spiro atoms. The van der Waals surface area contributed by atoms with Crippen molar-refractivity contribution >= 4 is 11.5 Å². The maximum atomic E-state index is 11.8. The highest BCUT2D eigenvalue weighted by molar-refractivity contribution is 6.03. The van der Waals surface area contributed by atoms with Gasteiger partial charge in [0.2, 0.25) is 0 Å². The van der Waals surface area contributed by atoms with Gasteiger partial charge in [-0.2, -0.15) is 0 Å². The molecule has 1 atom stereocenters. The van der Waals surface area contributed by atoms with E-state index in [1.165, 1.54) is 18.2 Å². The van der Waals surface area contributed by atoms with E-state index in [0.29, 0.717) is 17.0 Å². The summed E-state index contributed by atoms with van der Waals surface area (Å²) in [7, 11) is 0. The van der Waals surface area contributed by atoms with Crippen LogP contribution in [0, 0.1) is 6.57 Å². The van der Waals surface area contributed by atoms with E-state index in [1.54, 1.807) is 0 Å². The number of carbonyl (C=O) groups excluding carboxylic acids is 1. The van der Waals surface area contributed by atoms with Crippen molar-refractivity contribution in [2.75, 3.05) is 6.61 Å². The van der Waals surface area contributed by atoms with Gasteiger partial charge in [0.1, 0.15) is 18.4 Å². The van der Waals surface area contributed by atoms with E-state index in [-0.39, 0.29) is 12.4 Å². The van der Waals surface area contributed by atoms with Gasteiger partial charge >= 0.3 is 0 Å². The maximum Gasteiger partial charge on any atom is 0.190 e. The molecule has 1 aromatic carbocycles. The van der Waals surface area contributed by atoms with Crippen LogP contribution in [0.4, 0.5) is 5.69 Å². The minimum atomic E-state index is -0.809. The first-order chi connectivity index (χ1) is 7.76. The Labute approximate surface area is 90.9 Å². The van der Waals surface area contributed by atoms with Crippen molar-refractivity contribution < 1.29 is 9.53 Å². The van der Waals surface area contributed by atoms with Crippen molar-refractivity contribution in [2.24, 2.45) is 5.11 Å². The van der Waals surface area contributed by atoms with Crippen LogP contribution in [0.2, 0.25) is 0 Å². The molecule has 1 heterocycles. The molecule has 6 nitrogen and oxygen atoms in total. The lowest BCUT2D eigenvalue weighted by atomic mass is 10.0. The molecule has 0 radical (unpaired) electrons. The zero-order valence-corrected chi connectivity index (χ0v) is 8.12. The first kappa shape index (κ1) is 10.0. The fourth-order valence-corrected chi connectivity index (χ4v) is 1.48. The van der Waals surface area contributed by atoms with Crippen molar-refractivity contribution in [3.05, 3.63) is 45.6 Å². The standard InChI is InChI=1S/C10H6N4O2/c1-12-6-2-3-7-9(4-6)16-5-8(10(7)15)13-14-11/h2-4,8H,5H2. The predicted molar refractivity (Wildman–Crippen MR) is 55.5 cm³/mol. The second-order valence-electron chi connectivity index (χ2n) is 3.19. The number of ketones is 1. The minimum absolute atomic E-state index is 0.0251. The summed E-state index contributed by atoms with van der Waals surface area (Å²) in [6.07, 6.45) is 0. The van der Waals surface area contributed by atoms with E-state index in [9.17, 15) is 4.79 Å². The van der Waals surface area contributed by atoms with E-state index >= 15 is 0 Å². The van der Waals surface area contributed by atoms with E-state index in [2.05, 4.69) is 14.9 Å². The smallest absolute Gasteiger partial charge is 0.190 e. The number of Topliss-reactive ketones (excluding diaryl/α,β-unsaturated/α-hetero) is 1. The summed E-state index contributed by atoms with van der Waals surface area (Å²) in [5.41, 5.74) is 9.05. The van der Waals surface area contributed by atoms with Crippen molar-refractivity contribution in [3.63, 3.8) is 0 Å². The summed E-state index contributed by atoms with van der Waals surface area (Å²) in [6.45, 7) is 6.86. The lowest BCUT2D eigenvalue weighted by Crippen LogP contribution is -2.30. The molecule has 2 rings (SSSR count). The van der Waals surface area contributed by atoms with Crippen LogP contribution in [0.5, 0.6) is 5.75 Å². The van der Waals surface area contributed by atoms with Crippen LogP contribution in [-0.2, 0) is 0 Å². The second kappa shape index (κ2) is 3.93. The lowest BCUT2D eigenvalue weighted by molar-refractivity contribution is 0.0900. The maximum absolute atomic E-state index is 11.8. The molecule has 0 saturated heterocycles. The number of ether oxygens (including phenoxy) is 1. The Hall–Kier alpha value is -2.51. The third-order valence-corrected chi connectivity index (χ3v) is 2.25. The Kier molecular flexibility index (Phi) is 2.46. The summed E-state index contributed by atoms with van der Waals surface area (Å²) >= 11 is 0. The molecule has 1 aliphatic rings. The number of hydrogen-bond donors (Lipinski definition) is 0. The Bertz CT molecular complexity index is 540. The molecular weight excluding hydrogens is 208 g/mol. The molecule has 0 N–H and O–H groups in total. The van der Waals surface area contributed by atoms with E-state index in [0.717, 1.165) is 0 Å². The molecule has 0 bridgehead atoms. The summed E-state index contributed by atoms with van der Waals surface area (Å²) in [5.74, 6) is 0.110. The van der Waals surface area contributed by atoms with Crippen molar-refractivity contribution in [1.29, 1.82) is 0 Å². The Morgan fingerprint density at radius 1 is 1.56 bits per heavy atom. The number of nitrogens with zero attached hydrogens (tertiary/aromatic N) is 4. The average molecular weight is 214 g/mol. The summed E-state index contributed by atoms with van der Waals surface area (Å²) in [4.78, 5) is 17.6. The fourth-order valence-electron chi connectivity index (χ4n) is 1.48. The van der Waals surface area contributed by atoms with Crippen LogP contribution in [-0.4, -0.2) is 18.4 Å². The van der Waals surface area contributed by atoms with Crippen LogP contribution in [0.3, 0.4) is 0 Å². The van der Waals surface area contributed by atoms with Crippen LogP contribution < -0.4 is 4.74 Å². The highest BCUT2D eigenvalue weighted by Gasteiger charge is 2.27. The van der Waals surface area contributed by atoms with Gasteiger partial charge in [-0.15, -0.1) is 0 Å². The zero-order valence-electron chi connectivity index (χ0n) is 8.12. The summed E-state index contributed by atoms with van der Waals surface area (Å²) in [5, 5.41) is 3.35. The topological polar surface area (TPSA) is 79.4 Å². The molecule has 1 unspecified atom stereocenters. The van der Waals surface area contributed by atoms with Crippen LogP contribution in [0.25, 0.3) is 15.3 Å². The minimum Gasteiger partial charge on any atom is -0.493 e. The van der Waals surface area contributed by atoms with Gasteiger partial charge in [0, 0.05) is 4.91 Å².